The Morgan fingerprint density at radius 1 is 1.17 bits per heavy atom. The van der Waals surface area contributed by atoms with Gasteiger partial charge in [-0.15, -0.1) is 0 Å². The van der Waals surface area contributed by atoms with Gasteiger partial charge in [0, 0.05) is 31.3 Å². The summed E-state index contributed by atoms with van der Waals surface area (Å²) in [5, 5.41) is 7.96. The first-order chi connectivity index (χ1) is 11.8. The van der Waals surface area contributed by atoms with E-state index in [0.29, 0.717) is 24.8 Å². The highest BCUT2D eigenvalue weighted by molar-refractivity contribution is 5.76. The molecule has 5 heteroatoms. The van der Waals surface area contributed by atoms with Gasteiger partial charge < -0.3 is 5.32 Å². The summed E-state index contributed by atoms with van der Waals surface area (Å²) in [6.45, 7) is 3.12. The summed E-state index contributed by atoms with van der Waals surface area (Å²) >= 11 is 0. The van der Waals surface area contributed by atoms with E-state index in [1.54, 1.807) is 0 Å². The van der Waals surface area contributed by atoms with E-state index in [-0.39, 0.29) is 5.91 Å². The van der Waals surface area contributed by atoms with Crippen molar-refractivity contribution in [2.24, 2.45) is 0 Å². The highest BCUT2D eigenvalue weighted by Crippen LogP contribution is 2.32. The maximum absolute atomic E-state index is 12.2. The van der Waals surface area contributed by atoms with Gasteiger partial charge in [-0.1, -0.05) is 39.0 Å². The van der Waals surface area contributed by atoms with Crippen LogP contribution < -0.4 is 5.32 Å². The molecule has 1 amide bonds. The van der Waals surface area contributed by atoms with Crippen LogP contribution in [0.3, 0.4) is 0 Å². The Morgan fingerprint density at radius 2 is 1.88 bits per heavy atom. The molecule has 3 rings (SSSR count). The molecule has 2 saturated carbocycles. The zero-order valence-electron chi connectivity index (χ0n) is 15.1. The molecule has 0 aromatic carbocycles. The van der Waals surface area contributed by atoms with E-state index in [2.05, 4.69) is 16.9 Å². The van der Waals surface area contributed by atoms with Crippen LogP contribution in [0.5, 0.6) is 0 Å². The summed E-state index contributed by atoms with van der Waals surface area (Å²) in [4.78, 5) is 17.0. The fraction of sp³-hybridized carbons (Fsp3) is 0.842. The van der Waals surface area contributed by atoms with Gasteiger partial charge in [-0.25, -0.2) is 9.67 Å². The predicted octanol–water partition coefficient (Wildman–Crippen LogP) is 3.73. The maximum atomic E-state index is 12.2. The van der Waals surface area contributed by atoms with Gasteiger partial charge in [-0.3, -0.25) is 4.79 Å². The Morgan fingerprint density at radius 3 is 2.58 bits per heavy atom. The number of nitrogens with one attached hydrogen (secondary N) is 1. The van der Waals surface area contributed by atoms with Gasteiger partial charge in [0.2, 0.25) is 5.91 Å². The summed E-state index contributed by atoms with van der Waals surface area (Å²) in [7, 11) is 0. The fourth-order valence-electron chi connectivity index (χ4n) is 4.02. The molecular formula is C19H32N4O. The van der Waals surface area contributed by atoms with Crippen molar-refractivity contribution >= 4 is 5.91 Å². The van der Waals surface area contributed by atoms with Crippen LogP contribution in [-0.2, 0) is 17.8 Å². The largest absolute Gasteiger partial charge is 0.353 e. The fourth-order valence-corrected chi connectivity index (χ4v) is 4.02. The molecule has 1 N–H and O–H groups in total. The molecule has 1 aromatic rings. The van der Waals surface area contributed by atoms with Gasteiger partial charge in [0.15, 0.2) is 5.82 Å². The van der Waals surface area contributed by atoms with Gasteiger partial charge in [-0.2, -0.15) is 5.10 Å². The molecular weight excluding hydrogens is 300 g/mol. The average Bonchev–Trinajstić information content (AvgIpc) is 3.31. The lowest BCUT2D eigenvalue weighted by molar-refractivity contribution is -0.121. The van der Waals surface area contributed by atoms with Crippen molar-refractivity contribution < 1.29 is 4.79 Å². The second-order valence-electron chi connectivity index (χ2n) is 7.49. The van der Waals surface area contributed by atoms with E-state index >= 15 is 0 Å². The minimum absolute atomic E-state index is 0.175. The van der Waals surface area contributed by atoms with Crippen molar-refractivity contribution in [2.75, 3.05) is 0 Å². The van der Waals surface area contributed by atoms with Crippen LogP contribution >= 0.6 is 0 Å². The highest BCUT2D eigenvalue weighted by Gasteiger charge is 2.23. The number of nitrogens with zero attached hydrogens (tertiary/aromatic N) is 3. The lowest BCUT2D eigenvalue weighted by Crippen LogP contribution is -2.32. The van der Waals surface area contributed by atoms with Crippen LogP contribution in [0.25, 0.3) is 0 Å². The number of rotatable bonds is 8. The first-order valence-electron chi connectivity index (χ1n) is 9.99. The average molecular weight is 332 g/mol. The van der Waals surface area contributed by atoms with E-state index in [4.69, 9.17) is 10.1 Å². The van der Waals surface area contributed by atoms with E-state index in [1.165, 1.54) is 38.5 Å². The molecule has 0 unspecified atom stereocenters. The normalized spacial score (nSPS) is 19.2. The summed E-state index contributed by atoms with van der Waals surface area (Å²) in [6, 6.07) is 0.407. The van der Waals surface area contributed by atoms with Gasteiger partial charge in [-0.05, 0) is 32.1 Å². The summed E-state index contributed by atoms with van der Waals surface area (Å²) in [5.41, 5.74) is 0. The van der Waals surface area contributed by atoms with Crippen LogP contribution in [0.4, 0.5) is 0 Å². The van der Waals surface area contributed by atoms with Crippen molar-refractivity contribution in [2.45, 2.75) is 102 Å². The zero-order valence-corrected chi connectivity index (χ0v) is 15.1. The Balaban J connectivity index is 1.58. The summed E-state index contributed by atoms with van der Waals surface area (Å²) in [6.07, 6.45) is 13.3. The molecule has 0 radical (unpaired) electrons. The quantitative estimate of drug-likeness (QED) is 0.789. The molecule has 0 saturated heterocycles. The smallest absolute Gasteiger partial charge is 0.220 e. The second kappa shape index (κ2) is 8.63. The minimum Gasteiger partial charge on any atom is -0.353 e. The van der Waals surface area contributed by atoms with Gasteiger partial charge in [0.25, 0.3) is 0 Å². The highest BCUT2D eigenvalue weighted by atomic mass is 16.1. The molecule has 134 valence electrons. The third kappa shape index (κ3) is 4.58. The molecule has 1 heterocycles. The number of hydrogen-bond donors (Lipinski definition) is 1. The molecule has 0 aliphatic heterocycles. The lowest BCUT2D eigenvalue weighted by Gasteiger charge is -2.11. The third-order valence-corrected chi connectivity index (χ3v) is 5.50. The number of amides is 1. The van der Waals surface area contributed by atoms with E-state index < -0.39 is 0 Å². The van der Waals surface area contributed by atoms with Gasteiger partial charge in [0.05, 0.1) is 0 Å². The van der Waals surface area contributed by atoms with Gasteiger partial charge >= 0.3 is 0 Å². The van der Waals surface area contributed by atoms with Crippen molar-refractivity contribution in [3.8, 4) is 0 Å². The van der Waals surface area contributed by atoms with E-state index in [0.717, 1.165) is 43.9 Å². The zero-order chi connectivity index (χ0) is 16.8. The molecule has 5 nitrogen and oxygen atoms in total. The maximum Gasteiger partial charge on any atom is 0.220 e. The molecule has 0 spiro atoms. The number of unbranched alkanes of at least 4 members (excludes halogenated alkanes) is 1. The molecule has 0 bridgehead atoms. The molecule has 1 aromatic heterocycles. The Kier molecular flexibility index (Phi) is 6.27. The van der Waals surface area contributed by atoms with Crippen molar-refractivity contribution in [1.29, 1.82) is 0 Å². The molecule has 2 aliphatic rings. The second-order valence-corrected chi connectivity index (χ2v) is 7.49. The van der Waals surface area contributed by atoms with Crippen LogP contribution in [0.15, 0.2) is 0 Å². The topological polar surface area (TPSA) is 59.8 Å². The summed E-state index contributed by atoms with van der Waals surface area (Å²) in [5.74, 6) is 2.75. The summed E-state index contributed by atoms with van der Waals surface area (Å²) < 4.78 is 2.07. The van der Waals surface area contributed by atoms with Crippen LogP contribution in [0, 0.1) is 0 Å². The monoisotopic (exact) mass is 332 g/mol. The standard InChI is InChI=1S/C19H32N4O/c1-2-3-14-23-17(21-19(22-23)15-8-4-5-9-15)12-13-18(24)20-16-10-6-7-11-16/h15-16H,2-14H2,1H3,(H,20,24). The number of hydrogen-bond acceptors (Lipinski definition) is 3. The van der Waals surface area contributed by atoms with Crippen LogP contribution in [0.1, 0.15) is 95.1 Å². The molecule has 0 atom stereocenters. The van der Waals surface area contributed by atoms with Crippen LogP contribution in [-0.4, -0.2) is 26.7 Å². The Bertz CT molecular complexity index is 527. The first kappa shape index (κ1) is 17.4. The Hall–Kier alpha value is -1.39. The third-order valence-electron chi connectivity index (χ3n) is 5.50. The Labute approximate surface area is 145 Å². The molecule has 24 heavy (non-hydrogen) atoms. The number of carbonyl (C=O) groups is 1. The SMILES string of the molecule is CCCCn1nc(C2CCCC2)nc1CCC(=O)NC1CCCC1. The molecule has 2 fully saturated rings. The molecule has 2 aliphatic carbocycles. The van der Waals surface area contributed by atoms with Gasteiger partial charge in [0.1, 0.15) is 5.82 Å². The van der Waals surface area contributed by atoms with Crippen molar-refractivity contribution in [3.63, 3.8) is 0 Å². The van der Waals surface area contributed by atoms with Crippen molar-refractivity contribution in [1.82, 2.24) is 20.1 Å². The minimum atomic E-state index is 0.175. The predicted molar refractivity (Wildman–Crippen MR) is 94.9 cm³/mol. The lowest BCUT2D eigenvalue weighted by atomic mass is 10.1. The number of aryl methyl sites for hydroxylation is 2. The number of aromatic nitrogens is 3. The van der Waals surface area contributed by atoms with E-state index in [9.17, 15) is 4.79 Å². The van der Waals surface area contributed by atoms with Crippen molar-refractivity contribution in [3.05, 3.63) is 11.6 Å². The first-order valence-corrected chi connectivity index (χ1v) is 9.99. The van der Waals surface area contributed by atoms with Crippen LogP contribution in [0.2, 0.25) is 0 Å². The number of carbonyl (C=O) groups excluding carboxylic acids is 1. The van der Waals surface area contributed by atoms with E-state index in [1.807, 2.05) is 0 Å².